The third-order valence-electron chi connectivity index (χ3n) is 2.81. The van der Waals surface area contributed by atoms with E-state index in [1.54, 1.807) is 33.8 Å². The molecule has 0 bridgehead atoms. The van der Waals surface area contributed by atoms with Crippen LogP contribution >= 0.6 is 0 Å². The molecule has 1 N–H and O–H groups in total. The van der Waals surface area contributed by atoms with E-state index in [-0.39, 0.29) is 0 Å². The Hall–Kier alpha value is -1.14. The van der Waals surface area contributed by atoms with Gasteiger partial charge in [0.15, 0.2) is 0 Å². The van der Waals surface area contributed by atoms with Crippen molar-refractivity contribution in [2.45, 2.75) is 44.7 Å². The van der Waals surface area contributed by atoms with E-state index < -0.39 is 33.5 Å². The number of nitrogens with one attached hydrogen (secondary N) is 1. The van der Waals surface area contributed by atoms with E-state index in [4.69, 9.17) is 0 Å². The number of aryl methyl sites for hydroxylation is 1. The van der Waals surface area contributed by atoms with E-state index in [0.717, 1.165) is 12.1 Å². The Morgan fingerprint density at radius 2 is 1.81 bits per heavy atom. The van der Waals surface area contributed by atoms with E-state index in [9.17, 15) is 17.4 Å². The summed E-state index contributed by atoms with van der Waals surface area (Å²) in [7, 11) is -1.40. The Morgan fingerprint density at radius 1 is 1.24 bits per heavy atom. The molecule has 118 valence electrons. The quantitative estimate of drug-likeness (QED) is 0.824. The number of benzene rings is 1. The van der Waals surface area contributed by atoms with E-state index in [0.29, 0.717) is 11.1 Å². The molecular weight excluding hydrogens is 299 g/mol. The summed E-state index contributed by atoms with van der Waals surface area (Å²) in [6, 6.07) is 3.18. The summed E-state index contributed by atoms with van der Waals surface area (Å²) in [5, 5.41) is 0. The van der Waals surface area contributed by atoms with Crippen LogP contribution in [0, 0.1) is 6.92 Å². The summed E-state index contributed by atoms with van der Waals surface area (Å²) in [6.07, 6.45) is -2.95. The first kappa shape index (κ1) is 17.9. The molecule has 0 unspecified atom stereocenters. The van der Waals surface area contributed by atoms with Gasteiger partial charge in [-0.2, -0.15) is 13.2 Å². The molecule has 0 amide bonds. The van der Waals surface area contributed by atoms with Crippen molar-refractivity contribution in [3.8, 4) is 0 Å². The van der Waals surface area contributed by atoms with E-state index in [1.165, 1.54) is 6.08 Å². The average Bonchev–Trinajstić information content (AvgIpc) is 2.32. The van der Waals surface area contributed by atoms with Crippen molar-refractivity contribution in [3.63, 3.8) is 0 Å². The molecule has 2 atom stereocenters. The van der Waals surface area contributed by atoms with E-state index >= 15 is 0 Å². The summed E-state index contributed by atoms with van der Waals surface area (Å²) in [5.41, 5.74) is 0.178. The van der Waals surface area contributed by atoms with Crippen LogP contribution in [0.4, 0.5) is 13.2 Å². The molecule has 0 saturated carbocycles. The molecule has 6 heteroatoms. The molecule has 0 radical (unpaired) electrons. The number of alkyl halides is 3. The fourth-order valence-electron chi connectivity index (χ4n) is 1.70. The van der Waals surface area contributed by atoms with Crippen molar-refractivity contribution >= 4 is 11.0 Å². The molecule has 0 aliphatic carbocycles. The third-order valence-corrected chi connectivity index (χ3v) is 4.39. The van der Waals surface area contributed by atoms with Crippen LogP contribution in [0.3, 0.4) is 0 Å². The van der Waals surface area contributed by atoms with Crippen LogP contribution in [0.5, 0.6) is 0 Å². The highest BCUT2D eigenvalue weighted by molar-refractivity contribution is 7.84. The molecule has 1 aromatic rings. The minimum absolute atomic E-state index is 0.398. The number of halogens is 3. The maximum atomic E-state index is 12.9. The van der Waals surface area contributed by atoms with Crippen LogP contribution in [0.2, 0.25) is 0 Å². The van der Waals surface area contributed by atoms with Gasteiger partial charge in [0.05, 0.1) is 27.3 Å². The lowest BCUT2D eigenvalue weighted by molar-refractivity contribution is -0.137. The lowest BCUT2D eigenvalue weighted by Crippen LogP contribution is -2.35. The highest BCUT2D eigenvalue weighted by atomic mass is 32.2. The second kappa shape index (κ2) is 6.32. The van der Waals surface area contributed by atoms with Crippen LogP contribution < -0.4 is 4.72 Å². The van der Waals surface area contributed by atoms with E-state index in [2.05, 4.69) is 11.3 Å². The zero-order valence-corrected chi connectivity index (χ0v) is 13.4. The van der Waals surface area contributed by atoms with Crippen LogP contribution in [0.25, 0.3) is 0 Å². The Kier molecular flexibility index (Phi) is 5.39. The second-order valence-electron chi connectivity index (χ2n) is 5.84. The molecule has 21 heavy (non-hydrogen) atoms. The summed E-state index contributed by atoms with van der Waals surface area (Å²) in [6.45, 7) is 10.6. The van der Waals surface area contributed by atoms with E-state index in [1.807, 2.05) is 0 Å². The number of hydrogen-bond donors (Lipinski definition) is 1. The molecule has 0 saturated heterocycles. The van der Waals surface area contributed by atoms with Crippen LogP contribution in [-0.4, -0.2) is 8.96 Å². The van der Waals surface area contributed by atoms with Gasteiger partial charge >= 0.3 is 6.18 Å². The molecule has 0 aliphatic heterocycles. The molecule has 0 spiro atoms. The molecule has 2 nitrogen and oxygen atoms in total. The highest BCUT2D eigenvalue weighted by Gasteiger charge is 2.31. The fraction of sp³-hybridized carbons (Fsp3) is 0.467. The van der Waals surface area contributed by atoms with Gasteiger partial charge in [0, 0.05) is 0 Å². The van der Waals surface area contributed by atoms with Crippen molar-refractivity contribution < 1.29 is 17.4 Å². The van der Waals surface area contributed by atoms with Crippen molar-refractivity contribution in [2.75, 3.05) is 0 Å². The SMILES string of the molecule is C=C[C@@H](N[S@@](=O)C(C)(C)C)c1cc(C)cc(C(F)(F)F)c1. The first-order chi connectivity index (χ1) is 9.45. The Bertz CT molecular complexity index is 547. The maximum absolute atomic E-state index is 12.9. The predicted molar refractivity (Wildman–Crippen MR) is 80.2 cm³/mol. The van der Waals surface area contributed by atoms with Gasteiger partial charge < -0.3 is 0 Å². The zero-order valence-electron chi connectivity index (χ0n) is 12.5. The number of hydrogen-bond acceptors (Lipinski definition) is 1. The first-order valence-electron chi connectivity index (χ1n) is 6.44. The van der Waals surface area contributed by atoms with Crippen LogP contribution in [0.1, 0.15) is 43.5 Å². The second-order valence-corrected chi connectivity index (χ2v) is 7.84. The molecule has 1 aromatic carbocycles. The van der Waals surface area contributed by atoms with Gasteiger partial charge in [0.1, 0.15) is 0 Å². The predicted octanol–water partition coefficient (Wildman–Crippen LogP) is 4.29. The maximum Gasteiger partial charge on any atom is 0.416 e. The number of rotatable bonds is 4. The van der Waals surface area contributed by atoms with Gasteiger partial charge in [-0.15, -0.1) is 6.58 Å². The summed E-state index contributed by atoms with van der Waals surface area (Å²) in [4.78, 5) is 0. The molecule has 0 fully saturated rings. The normalized spacial score (nSPS) is 15.6. The summed E-state index contributed by atoms with van der Waals surface area (Å²) >= 11 is 0. The average molecular weight is 319 g/mol. The smallest absolute Gasteiger partial charge is 0.242 e. The standard InChI is InChI=1S/C15H20F3NOS/c1-6-13(19-21(20)14(3,4)5)11-7-10(2)8-12(9-11)15(16,17)18/h6-9,13,19H,1H2,2-5H3/t13-,21+/m1/s1. The van der Waals surface area contributed by atoms with Gasteiger partial charge in [-0.3, -0.25) is 0 Å². The van der Waals surface area contributed by atoms with Gasteiger partial charge in [-0.25, -0.2) is 8.93 Å². The molecular formula is C15H20F3NOS. The minimum atomic E-state index is -4.41. The Morgan fingerprint density at radius 3 is 2.24 bits per heavy atom. The molecule has 1 rings (SSSR count). The zero-order chi connectivity index (χ0) is 16.4. The Labute approximate surface area is 126 Å². The van der Waals surface area contributed by atoms with Crippen LogP contribution in [-0.2, 0) is 17.2 Å². The lowest BCUT2D eigenvalue weighted by Gasteiger charge is -2.23. The monoisotopic (exact) mass is 319 g/mol. The fourth-order valence-corrected chi connectivity index (χ4v) is 2.52. The first-order valence-corrected chi connectivity index (χ1v) is 7.59. The molecule has 0 aromatic heterocycles. The van der Waals surface area contributed by atoms with Crippen molar-refractivity contribution in [1.82, 2.24) is 4.72 Å². The summed E-state index contributed by atoms with van der Waals surface area (Å²) in [5.74, 6) is 0. The van der Waals surface area contributed by atoms with Crippen molar-refractivity contribution in [2.24, 2.45) is 0 Å². The van der Waals surface area contributed by atoms with Gasteiger partial charge in [0.25, 0.3) is 0 Å². The topological polar surface area (TPSA) is 29.1 Å². The van der Waals surface area contributed by atoms with Gasteiger partial charge in [-0.05, 0) is 45.4 Å². The van der Waals surface area contributed by atoms with Crippen molar-refractivity contribution in [3.05, 3.63) is 47.5 Å². The highest BCUT2D eigenvalue weighted by Crippen LogP contribution is 2.32. The largest absolute Gasteiger partial charge is 0.416 e. The third kappa shape index (κ3) is 4.97. The van der Waals surface area contributed by atoms with Crippen molar-refractivity contribution in [1.29, 1.82) is 0 Å². The Balaban J connectivity index is 3.15. The minimum Gasteiger partial charge on any atom is -0.242 e. The van der Waals surface area contributed by atoms with Crippen LogP contribution in [0.15, 0.2) is 30.9 Å². The summed E-state index contributed by atoms with van der Waals surface area (Å²) < 4.78 is 53.0. The van der Waals surface area contributed by atoms with Gasteiger partial charge in [0.2, 0.25) is 0 Å². The molecule has 0 heterocycles. The lowest BCUT2D eigenvalue weighted by atomic mass is 10.0. The van der Waals surface area contributed by atoms with Gasteiger partial charge in [-0.1, -0.05) is 17.7 Å². The molecule has 0 aliphatic rings.